The Labute approximate surface area is 109 Å². The number of benzene rings is 1. The predicted molar refractivity (Wildman–Crippen MR) is 66.2 cm³/mol. The standard InChI is InChI=1S/C14H12O5/c1-17-14(16)11-2-3-13(12(6-11)7-15)19-9-10-4-5-18-8-10/h2-8H,9H2,1H3. The van der Waals surface area contributed by atoms with Gasteiger partial charge >= 0.3 is 5.97 Å². The molecule has 0 saturated heterocycles. The quantitative estimate of drug-likeness (QED) is 0.610. The van der Waals surface area contributed by atoms with E-state index >= 15 is 0 Å². The lowest BCUT2D eigenvalue weighted by Gasteiger charge is -2.08. The second-order valence-electron chi connectivity index (χ2n) is 3.78. The first-order valence-electron chi connectivity index (χ1n) is 5.56. The maximum Gasteiger partial charge on any atom is 0.337 e. The van der Waals surface area contributed by atoms with Gasteiger partial charge in [0.1, 0.15) is 12.4 Å². The largest absolute Gasteiger partial charge is 0.488 e. The zero-order valence-corrected chi connectivity index (χ0v) is 10.3. The molecule has 0 fully saturated rings. The Morgan fingerprint density at radius 3 is 2.84 bits per heavy atom. The number of rotatable bonds is 5. The average molecular weight is 260 g/mol. The van der Waals surface area contributed by atoms with Gasteiger partial charge in [-0.15, -0.1) is 0 Å². The molecule has 1 aromatic heterocycles. The van der Waals surface area contributed by atoms with Crippen molar-refractivity contribution in [3.05, 3.63) is 53.5 Å². The summed E-state index contributed by atoms with van der Waals surface area (Å²) in [4.78, 5) is 22.3. The van der Waals surface area contributed by atoms with Gasteiger partial charge < -0.3 is 13.9 Å². The van der Waals surface area contributed by atoms with E-state index in [1.165, 1.54) is 13.2 Å². The van der Waals surface area contributed by atoms with Crippen LogP contribution in [0.4, 0.5) is 0 Å². The molecule has 0 aliphatic rings. The number of furan rings is 1. The molecule has 5 heteroatoms. The monoisotopic (exact) mass is 260 g/mol. The fourth-order valence-corrected chi connectivity index (χ4v) is 1.55. The van der Waals surface area contributed by atoms with Gasteiger partial charge in [-0.3, -0.25) is 4.79 Å². The molecule has 0 atom stereocenters. The number of hydrogen-bond acceptors (Lipinski definition) is 5. The smallest absolute Gasteiger partial charge is 0.337 e. The SMILES string of the molecule is COC(=O)c1ccc(OCc2ccoc2)c(C=O)c1. The topological polar surface area (TPSA) is 65.7 Å². The summed E-state index contributed by atoms with van der Waals surface area (Å²) in [6.07, 6.45) is 3.74. The molecule has 5 nitrogen and oxygen atoms in total. The van der Waals surface area contributed by atoms with E-state index in [1.54, 1.807) is 30.7 Å². The third kappa shape index (κ3) is 3.01. The Morgan fingerprint density at radius 2 is 2.21 bits per heavy atom. The maximum atomic E-state index is 11.3. The lowest BCUT2D eigenvalue weighted by atomic mass is 10.1. The van der Waals surface area contributed by atoms with Gasteiger partial charge in [-0.25, -0.2) is 4.79 Å². The lowest BCUT2D eigenvalue weighted by molar-refractivity contribution is 0.0600. The highest BCUT2D eigenvalue weighted by molar-refractivity contribution is 5.92. The molecule has 0 aliphatic heterocycles. The van der Waals surface area contributed by atoms with E-state index < -0.39 is 5.97 Å². The van der Waals surface area contributed by atoms with Gasteiger partial charge in [-0.2, -0.15) is 0 Å². The first kappa shape index (κ1) is 12.9. The maximum absolute atomic E-state index is 11.3. The van der Waals surface area contributed by atoms with Crippen LogP contribution in [0.1, 0.15) is 26.3 Å². The summed E-state index contributed by atoms with van der Waals surface area (Å²) in [6.45, 7) is 0.287. The zero-order chi connectivity index (χ0) is 13.7. The molecule has 2 aromatic rings. The van der Waals surface area contributed by atoms with Crippen LogP contribution in [0, 0.1) is 0 Å². The molecule has 0 N–H and O–H groups in total. The van der Waals surface area contributed by atoms with Gasteiger partial charge in [0.25, 0.3) is 0 Å². The van der Waals surface area contributed by atoms with E-state index in [1.807, 2.05) is 0 Å². The Kier molecular flexibility index (Phi) is 3.97. The van der Waals surface area contributed by atoms with Crippen LogP contribution in [-0.4, -0.2) is 19.4 Å². The van der Waals surface area contributed by atoms with Crippen molar-refractivity contribution in [3.8, 4) is 5.75 Å². The summed E-state index contributed by atoms with van der Waals surface area (Å²) < 4.78 is 15.0. The summed E-state index contributed by atoms with van der Waals surface area (Å²) >= 11 is 0. The Morgan fingerprint density at radius 1 is 1.37 bits per heavy atom. The molecule has 0 saturated carbocycles. The number of hydrogen-bond donors (Lipinski definition) is 0. The van der Waals surface area contributed by atoms with Gasteiger partial charge in [-0.1, -0.05) is 0 Å². The van der Waals surface area contributed by atoms with E-state index in [2.05, 4.69) is 4.74 Å². The first-order chi connectivity index (χ1) is 9.24. The number of ether oxygens (including phenoxy) is 2. The fraction of sp³-hybridized carbons (Fsp3) is 0.143. The van der Waals surface area contributed by atoms with Gasteiger partial charge in [0, 0.05) is 5.56 Å². The van der Waals surface area contributed by atoms with Gasteiger partial charge in [-0.05, 0) is 24.3 Å². The van der Waals surface area contributed by atoms with E-state index in [0.29, 0.717) is 23.2 Å². The van der Waals surface area contributed by atoms with E-state index in [0.717, 1.165) is 5.56 Å². The first-order valence-corrected chi connectivity index (χ1v) is 5.56. The van der Waals surface area contributed by atoms with Crippen LogP contribution < -0.4 is 4.74 Å². The third-order valence-corrected chi connectivity index (χ3v) is 2.53. The van der Waals surface area contributed by atoms with Crippen molar-refractivity contribution in [1.82, 2.24) is 0 Å². The van der Waals surface area contributed by atoms with Crippen LogP contribution in [-0.2, 0) is 11.3 Å². The molecular weight excluding hydrogens is 248 g/mol. The van der Waals surface area contributed by atoms with Crippen LogP contribution in [0.5, 0.6) is 5.75 Å². The molecule has 0 amide bonds. The van der Waals surface area contributed by atoms with Gasteiger partial charge in [0.15, 0.2) is 6.29 Å². The van der Waals surface area contributed by atoms with Crippen molar-refractivity contribution in [3.63, 3.8) is 0 Å². The van der Waals surface area contributed by atoms with Crippen molar-refractivity contribution in [2.45, 2.75) is 6.61 Å². The Balaban J connectivity index is 2.16. The van der Waals surface area contributed by atoms with Crippen molar-refractivity contribution in [1.29, 1.82) is 0 Å². The second kappa shape index (κ2) is 5.86. The number of esters is 1. The van der Waals surface area contributed by atoms with Gasteiger partial charge in [0.05, 0.1) is 30.8 Å². The minimum atomic E-state index is -0.496. The number of carbonyl (C=O) groups excluding carboxylic acids is 2. The second-order valence-corrected chi connectivity index (χ2v) is 3.78. The highest BCUT2D eigenvalue weighted by Crippen LogP contribution is 2.20. The molecule has 0 spiro atoms. The van der Waals surface area contributed by atoms with Crippen LogP contribution in [0.15, 0.2) is 41.2 Å². The van der Waals surface area contributed by atoms with Crippen molar-refractivity contribution in [2.75, 3.05) is 7.11 Å². The number of methoxy groups -OCH3 is 1. The Hall–Kier alpha value is -2.56. The number of aldehydes is 1. The minimum Gasteiger partial charge on any atom is -0.488 e. The van der Waals surface area contributed by atoms with Gasteiger partial charge in [0.2, 0.25) is 0 Å². The van der Waals surface area contributed by atoms with Crippen molar-refractivity contribution in [2.24, 2.45) is 0 Å². The minimum absolute atomic E-state index is 0.287. The van der Waals surface area contributed by atoms with E-state index in [-0.39, 0.29) is 6.61 Å². The molecule has 0 bridgehead atoms. The fourth-order valence-electron chi connectivity index (χ4n) is 1.55. The zero-order valence-electron chi connectivity index (χ0n) is 10.3. The van der Waals surface area contributed by atoms with Crippen LogP contribution >= 0.6 is 0 Å². The molecule has 1 aromatic carbocycles. The summed E-state index contributed by atoms with van der Waals surface area (Å²) in [5, 5.41) is 0. The van der Waals surface area contributed by atoms with Crippen molar-refractivity contribution >= 4 is 12.3 Å². The van der Waals surface area contributed by atoms with Crippen LogP contribution in [0.2, 0.25) is 0 Å². The van der Waals surface area contributed by atoms with Crippen LogP contribution in [0.25, 0.3) is 0 Å². The molecular formula is C14H12O5. The predicted octanol–water partition coefficient (Wildman–Crippen LogP) is 2.46. The third-order valence-electron chi connectivity index (χ3n) is 2.53. The van der Waals surface area contributed by atoms with Crippen molar-refractivity contribution < 1.29 is 23.5 Å². The molecule has 2 rings (SSSR count). The van der Waals surface area contributed by atoms with E-state index in [9.17, 15) is 9.59 Å². The summed E-state index contributed by atoms with van der Waals surface area (Å²) in [6, 6.07) is 6.31. The van der Waals surface area contributed by atoms with Crippen LogP contribution in [0.3, 0.4) is 0 Å². The number of carbonyl (C=O) groups is 2. The molecule has 98 valence electrons. The molecule has 1 heterocycles. The van der Waals surface area contributed by atoms with E-state index in [4.69, 9.17) is 9.15 Å². The summed E-state index contributed by atoms with van der Waals surface area (Å²) in [5.74, 6) is -0.0895. The highest BCUT2D eigenvalue weighted by atomic mass is 16.5. The summed E-state index contributed by atoms with van der Waals surface area (Å²) in [7, 11) is 1.28. The average Bonchev–Trinajstić information content (AvgIpc) is 2.97. The molecule has 0 aliphatic carbocycles. The normalized spacial score (nSPS) is 9.95. The lowest BCUT2D eigenvalue weighted by Crippen LogP contribution is -2.03. The summed E-state index contributed by atoms with van der Waals surface area (Å²) in [5.41, 5.74) is 1.46. The Bertz CT molecular complexity index is 572. The molecule has 0 radical (unpaired) electrons. The molecule has 19 heavy (non-hydrogen) atoms. The highest BCUT2D eigenvalue weighted by Gasteiger charge is 2.10. The molecule has 0 unspecified atom stereocenters.